The van der Waals surface area contributed by atoms with Gasteiger partial charge in [0.15, 0.2) is 0 Å². The number of carbonyl (C=O) groups is 2. The van der Waals surface area contributed by atoms with Gasteiger partial charge in [-0.25, -0.2) is 9.59 Å². The topological polar surface area (TPSA) is 69.6 Å². The molecule has 0 radical (unpaired) electrons. The number of aliphatic carboxylic acids is 1. The number of hydrogen-bond donors (Lipinski definition) is 2. The Morgan fingerprint density at radius 3 is 2.35 bits per heavy atom. The van der Waals surface area contributed by atoms with E-state index in [-0.39, 0.29) is 6.03 Å². The number of carboxylic acid groups (broad SMARTS) is 1. The molecule has 114 valence electrons. The van der Waals surface area contributed by atoms with E-state index in [2.05, 4.69) is 19.2 Å². The summed E-state index contributed by atoms with van der Waals surface area (Å²) >= 11 is 0. The smallest absolute Gasteiger partial charge is 0.329 e. The van der Waals surface area contributed by atoms with Crippen molar-refractivity contribution in [1.29, 1.82) is 0 Å². The second-order valence-electron chi connectivity index (χ2n) is 6.63. The Balaban J connectivity index is 1.97. The lowest BCUT2D eigenvalue weighted by Gasteiger charge is -2.31. The van der Waals surface area contributed by atoms with E-state index in [1.165, 1.54) is 12.8 Å². The number of nitrogens with zero attached hydrogens (tertiary/aromatic N) is 1. The van der Waals surface area contributed by atoms with Gasteiger partial charge in [0.25, 0.3) is 0 Å². The zero-order valence-electron chi connectivity index (χ0n) is 12.5. The molecule has 2 amide bonds. The van der Waals surface area contributed by atoms with Crippen molar-refractivity contribution in [3.05, 3.63) is 0 Å². The summed E-state index contributed by atoms with van der Waals surface area (Å²) in [5.74, 6) is -0.359. The molecule has 2 aliphatic carbocycles. The standard InChI is InChI=1S/C15H26N2O3/c1-11(2)7-10-17(12-5-3-4-6-12)14(20)16-15(8-9-15)13(18)19/h11-12H,3-10H2,1-2H3,(H,16,20)(H,18,19). The van der Waals surface area contributed by atoms with Gasteiger partial charge < -0.3 is 15.3 Å². The van der Waals surface area contributed by atoms with E-state index < -0.39 is 11.5 Å². The highest BCUT2D eigenvalue weighted by atomic mass is 16.4. The molecule has 0 aliphatic heterocycles. The molecule has 20 heavy (non-hydrogen) atoms. The van der Waals surface area contributed by atoms with Gasteiger partial charge >= 0.3 is 12.0 Å². The maximum atomic E-state index is 12.5. The van der Waals surface area contributed by atoms with Crippen molar-refractivity contribution < 1.29 is 14.7 Å². The fraction of sp³-hybridized carbons (Fsp3) is 0.867. The lowest BCUT2D eigenvalue weighted by atomic mass is 10.1. The first-order valence-corrected chi connectivity index (χ1v) is 7.77. The Bertz CT molecular complexity index is 371. The highest BCUT2D eigenvalue weighted by Gasteiger charge is 2.52. The zero-order valence-corrected chi connectivity index (χ0v) is 12.5. The van der Waals surface area contributed by atoms with Crippen LogP contribution < -0.4 is 5.32 Å². The molecule has 2 aliphatic rings. The van der Waals surface area contributed by atoms with Gasteiger partial charge in [0, 0.05) is 12.6 Å². The van der Waals surface area contributed by atoms with E-state index in [1.54, 1.807) is 0 Å². The van der Waals surface area contributed by atoms with E-state index in [4.69, 9.17) is 0 Å². The molecule has 0 bridgehead atoms. The number of carbonyl (C=O) groups excluding carboxylic acids is 1. The van der Waals surface area contributed by atoms with Crippen molar-refractivity contribution in [2.45, 2.75) is 70.4 Å². The maximum Gasteiger partial charge on any atom is 0.329 e. The molecule has 5 nitrogen and oxygen atoms in total. The van der Waals surface area contributed by atoms with Crippen LogP contribution in [0.1, 0.15) is 58.8 Å². The van der Waals surface area contributed by atoms with Gasteiger partial charge in [-0.2, -0.15) is 0 Å². The Hall–Kier alpha value is -1.26. The third-order valence-electron chi connectivity index (χ3n) is 4.48. The Morgan fingerprint density at radius 2 is 1.90 bits per heavy atom. The number of nitrogens with one attached hydrogen (secondary N) is 1. The second kappa shape index (κ2) is 6.02. The van der Waals surface area contributed by atoms with Crippen molar-refractivity contribution in [3.63, 3.8) is 0 Å². The van der Waals surface area contributed by atoms with Crippen molar-refractivity contribution in [1.82, 2.24) is 10.2 Å². The van der Waals surface area contributed by atoms with Crippen LogP contribution in [0.5, 0.6) is 0 Å². The number of urea groups is 1. The van der Waals surface area contributed by atoms with Crippen LogP contribution in [-0.4, -0.2) is 40.1 Å². The van der Waals surface area contributed by atoms with Crippen LogP contribution in [-0.2, 0) is 4.79 Å². The largest absolute Gasteiger partial charge is 0.480 e. The Labute approximate surface area is 120 Å². The number of amides is 2. The lowest BCUT2D eigenvalue weighted by Crippen LogP contribution is -2.52. The molecule has 0 heterocycles. The summed E-state index contributed by atoms with van der Waals surface area (Å²) < 4.78 is 0. The molecule has 2 N–H and O–H groups in total. The average molecular weight is 282 g/mol. The van der Waals surface area contributed by atoms with Gasteiger partial charge in [-0.3, -0.25) is 0 Å². The molecule has 2 rings (SSSR count). The second-order valence-corrected chi connectivity index (χ2v) is 6.63. The first-order chi connectivity index (χ1) is 9.44. The third-order valence-corrected chi connectivity index (χ3v) is 4.48. The van der Waals surface area contributed by atoms with Gasteiger partial charge in [0.2, 0.25) is 0 Å². The minimum atomic E-state index is -0.980. The number of hydrogen-bond acceptors (Lipinski definition) is 2. The molecule has 0 aromatic carbocycles. The van der Waals surface area contributed by atoms with Gasteiger partial charge in [0.1, 0.15) is 5.54 Å². The lowest BCUT2D eigenvalue weighted by molar-refractivity contribution is -0.140. The predicted molar refractivity (Wildman–Crippen MR) is 76.5 cm³/mol. The maximum absolute atomic E-state index is 12.5. The van der Waals surface area contributed by atoms with Crippen molar-refractivity contribution in [2.75, 3.05) is 6.54 Å². The van der Waals surface area contributed by atoms with Gasteiger partial charge in [0.05, 0.1) is 0 Å². The van der Waals surface area contributed by atoms with E-state index in [9.17, 15) is 14.7 Å². The minimum absolute atomic E-state index is 0.183. The van der Waals surface area contributed by atoms with Crippen LogP contribution in [0, 0.1) is 5.92 Å². The summed E-state index contributed by atoms with van der Waals surface area (Å²) in [4.78, 5) is 25.5. The highest BCUT2D eigenvalue weighted by molar-refractivity contribution is 5.89. The molecule has 5 heteroatoms. The van der Waals surface area contributed by atoms with Crippen LogP contribution in [0.2, 0.25) is 0 Å². The fourth-order valence-corrected chi connectivity index (χ4v) is 2.86. The van der Waals surface area contributed by atoms with E-state index in [0.29, 0.717) is 24.8 Å². The predicted octanol–water partition coefficient (Wildman–Crippen LogP) is 2.60. The van der Waals surface area contributed by atoms with E-state index in [0.717, 1.165) is 25.8 Å². The van der Waals surface area contributed by atoms with E-state index >= 15 is 0 Å². The summed E-state index contributed by atoms with van der Waals surface area (Å²) in [6, 6.07) is 0.107. The Morgan fingerprint density at radius 1 is 1.30 bits per heavy atom. The Kier molecular flexibility index (Phi) is 4.55. The van der Waals surface area contributed by atoms with Crippen molar-refractivity contribution >= 4 is 12.0 Å². The van der Waals surface area contributed by atoms with Crippen molar-refractivity contribution in [2.24, 2.45) is 5.92 Å². The normalized spacial score (nSPS) is 20.9. The molecular formula is C15H26N2O3. The SMILES string of the molecule is CC(C)CCN(C(=O)NC1(C(=O)O)CC1)C1CCCC1. The molecule has 2 fully saturated rings. The fourth-order valence-electron chi connectivity index (χ4n) is 2.86. The van der Waals surface area contributed by atoms with Crippen LogP contribution >= 0.6 is 0 Å². The van der Waals surface area contributed by atoms with Crippen LogP contribution in [0.25, 0.3) is 0 Å². The summed E-state index contributed by atoms with van der Waals surface area (Å²) in [5, 5.41) is 11.9. The summed E-state index contributed by atoms with van der Waals surface area (Å²) in [5.41, 5.74) is -0.980. The van der Waals surface area contributed by atoms with Crippen molar-refractivity contribution in [3.8, 4) is 0 Å². The summed E-state index contributed by atoms with van der Waals surface area (Å²) in [6.45, 7) is 5.01. The summed E-state index contributed by atoms with van der Waals surface area (Å²) in [6.07, 6.45) is 6.50. The van der Waals surface area contributed by atoms with E-state index in [1.807, 2.05) is 4.90 Å². The average Bonchev–Trinajstić information content (AvgIpc) is 2.96. The number of rotatable bonds is 6. The molecule has 0 aromatic heterocycles. The molecular weight excluding hydrogens is 256 g/mol. The molecule has 0 aromatic rings. The first kappa shape index (κ1) is 15.1. The molecule has 0 unspecified atom stereocenters. The quantitative estimate of drug-likeness (QED) is 0.786. The monoisotopic (exact) mass is 282 g/mol. The van der Waals surface area contributed by atoms with Gasteiger partial charge in [-0.05, 0) is 38.0 Å². The van der Waals surface area contributed by atoms with Gasteiger partial charge in [-0.15, -0.1) is 0 Å². The molecule has 0 saturated heterocycles. The summed E-state index contributed by atoms with van der Waals surface area (Å²) in [7, 11) is 0. The molecule has 0 spiro atoms. The van der Waals surface area contributed by atoms with Gasteiger partial charge in [-0.1, -0.05) is 26.7 Å². The third kappa shape index (κ3) is 3.44. The minimum Gasteiger partial charge on any atom is -0.480 e. The van der Waals surface area contributed by atoms with Crippen LogP contribution in [0.3, 0.4) is 0 Å². The van der Waals surface area contributed by atoms with Crippen LogP contribution in [0.4, 0.5) is 4.79 Å². The molecule has 0 atom stereocenters. The zero-order chi connectivity index (χ0) is 14.8. The molecule has 2 saturated carbocycles. The highest BCUT2D eigenvalue weighted by Crippen LogP contribution is 2.36. The number of carboxylic acids is 1. The van der Waals surface area contributed by atoms with Crippen LogP contribution in [0.15, 0.2) is 0 Å². The first-order valence-electron chi connectivity index (χ1n) is 7.77.